The van der Waals surface area contributed by atoms with Crippen molar-refractivity contribution in [3.63, 3.8) is 0 Å². The lowest BCUT2D eigenvalue weighted by Gasteiger charge is -2.31. The Bertz CT molecular complexity index is 1160. The Labute approximate surface area is 260 Å². The molecule has 11 heteroatoms. The summed E-state index contributed by atoms with van der Waals surface area (Å²) in [6.07, 6.45) is 3.33. The summed E-state index contributed by atoms with van der Waals surface area (Å²) in [5.41, 5.74) is 1.47. The van der Waals surface area contributed by atoms with Crippen LogP contribution in [0.3, 0.4) is 0 Å². The van der Waals surface area contributed by atoms with E-state index in [0.29, 0.717) is 38.1 Å². The molecule has 2 aromatic carbocycles. The lowest BCUT2D eigenvalue weighted by molar-refractivity contribution is -0.142. The van der Waals surface area contributed by atoms with Crippen LogP contribution in [0.5, 0.6) is 11.5 Å². The average molecular weight is 618 g/mol. The van der Waals surface area contributed by atoms with Gasteiger partial charge in [0.05, 0.1) is 27.2 Å². The number of piperidine rings is 2. The van der Waals surface area contributed by atoms with Crippen molar-refractivity contribution in [2.45, 2.75) is 39.0 Å². The summed E-state index contributed by atoms with van der Waals surface area (Å²) in [6, 6.07) is 14.3. The number of hydrogen-bond acceptors (Lipinski definition) is 8. The summed E-state index contributed by atoms with van der Waals surface area (Å²) in [5.74, 6) is 1.68. The molecule has 4 rings (SSSR count). The van der Waals surface area contributed by atoms with Crippen molar-refractivity contribution < 1.29 is 33.4 Å². The number of carbonyl (C=O) groups excluding carboxylic acids is 4. The largest absolute Gasteiger partial charge is 0.497 e. The Balaban J connectivity index is 0.000000325. The van der Waals surface area contributed by atoms with Gasteiger partial charge in [-0.15, -0.1) is 12.4 Å². The van der Waals surface area contributed by atoms with Crippen LogP contribution in [0.4, 0.5) is 4.79 Å². The first kappa shape index (κ1) is 35.6. The molecule has 43 heavy (non-hydrogen) atoms. The zero-order chi connectivity index (χ0) is 30.3. The molecule has 0 unspecified atom stereocenters. The van der Waals surface area contributed by atoms with E-state index in [9.17, 15) is 19.2 Å². The van der Waals surface area contributed by atoms with Crippen LogP contribution in [-0.2, 0) is 9.53 Å². The predicted octanol–water partition coefficient (Wildman–Crippen LogP) is 4.55. The summed E-state index contributed by atoms with van der Waals surface area (Å²) in [6.45, 7) is 5.29. The van der Waals surface area contributed by atoms with Crippen molar-refractivity contribution in [1.82, 2.24) is 15.5 Å². The molecule has 2 saturated heterocycles. The minimum absolute atomic E-state index is 0. The molecule has 2 aliphatic heterocycles. The predicted molar refractivity (Wildman–Crippen MR) is 166 cm³/mol. The van der Waals surface area contributed by atoms with Gasteiger partial charge in [0.2, 0.25) is 0 Å². The van der Waals surface area contributed by atoms with E-state index in [0.717, 1.165) is 43.0 Å². The third-order valence-electron chi connectivity index (χ3n) is 7.52. The molecule has 2 N–H and O–H groups in total. The second-order valence-corrected chi connectivity index (χ2v) is 10.3. The fourth-order valence-electron chi connectivity index (χ4n) is 5.03. The van der Waals surface area contributed by atoms with E-state index in [4.69, 9.17) is 14.2 Å². The van der Waals surface area contributed by atoms with Gasteiger partial charge < -0.3 is 29.7 Å². The molecule has 2 aliphatic rings. The summed E-state index contributed by atoms with van der Waals surface area (Å²) < 4.78 is 15.0. The molecule has 0 aromatic heterocycles. The molecule has 0 saturated carbocycles. The third-order valence-corrected chi connectivity index (χ3v) is 7.52. The van der Waals surface area contributed by atoms with Crippen molar-refractivity contribution in [2.75, 3.05) is 53.6 Å². The highest BCUT2D eigenvalue weighted by atomic mass is 35.5. The zero-order valence-corrected chi connectivity index (χ0v) is 26.1. The Hall–Kier alpha value is -3.63. The Kier molecular flexibility index (Phi) is 15.6. The molecule has 0 atom stereocenters. The van der Waals surface area contributed by atoms with E-state index in [2.05, 4.69) is 10.6 Å². The summed E-state index contributed by atoms with van der Waals surface area (Å²) in [7, 11) is 3.22. The van der Waals surface area contributed by atoms with Gasteiger partial charge in [0.15, 0.2) is 11.6 Å². The maximum absolute atomic E-state index is 12.6. The van der Waals surface area contributed by atoms with Crippen molar-refractivity contribution >= 4 is 36.0 Å². The van der Waals surface area contributed by atoms with Gasteiger partial charge in [-0.2, -0.15) is 0 Å². The molecule has 0 radical (unpaired) electrons. The van der Waals surface area contributed by atoms with Gasteiger partial charge in [-0.05, 0) is 94.2 Å². The molecule has 236 valence electrons. The Morgan fingerprint density at radius 3 is 1.70 bits per heavy atom. The lowest BCUT2D eigenvalue weighted by Crippen LogP contribution is -2.45. The smallest absolute Gasteiger partial charge is 0.317 e. The molecular weight excluding hydrogens is 574 g/mol. The van der Waals surface area contributed by atoms with Crippen LogP contribution in [0, 0.1) is 11.8 Å². The molecule has 2 aromatic rings. The molecule has 0 spiro atoms. The highest BCUT2D eigenvalue weighted by Crippen LogP contribution is 2.23. The number of nitrogens with zero attached hydrogens (tertiary/aromatic N) is 1. The minimum atomic E-state index is -0.323. The van der Waals surface area contributed by atoms with Crippen LogP contribution >= 0.6 is 12.4 Å². The number of ketones is 2. The van der Waals surface area contributed by atoms with Gasteiger partial charge in [-0.1, -0.05) is 0 Å². The summed E-state index contributed by atoms with van der Waals surface area (Å²) >= 11 is 0. The topological polar surface area (TPSA) is 123 Å². The molecule has 0 bridgehead atoms. The molecule has 2 fully saturated rings. The van der Waals surface area contributed by atoms with Crippen LogP contribution < -0.4 is 20.1 Å². The number of carbonyl (C=O) groups is 4. The summed E-state index contributed by atoms with van der Waals surface area (Å²) in [5, 5.41) is 5.98. The van der Waals surface area contributed by atoms with Crippen LogP contribution in [-0.4, -0.2) is 82.0 Å². The van der Waals surface area contributed by atoms with Crippen LogP contribution in [0.2, 0.25) is 0 Å². The zero-order valence-electron chi connectivity index (χ0n) is 25.3. The van der Waals surface area contributed by atoms with Gasteiger partial charge in [0, 0.05) is 42.6 Å². The van der Waals surface area contributed by atoms with E-state index in [1.807, 2.05) is 24.3 Å². The van der Waals surface area contributed by atoms with Gasteiger partial charge in [0.1, 0.15) is 11.5 Å². The number of hydrogen-bond donors (Lipinski definition) is 2. The van der Waals surface area contributed by atoms with Gasteiger partial charge >= 0.3 is 12.0 Å². The number of esters is 1. The second-order valence-electron chi connectivity index (χ2n) is 10.3. The number of halogens is 1. The maximum Gasteiger partial charge on any atom is 0.317 e. The highest BCUT2D eigenvalue weighted by Gasteiger charge is 2.28. The average Bonchev–Trinajstić information content (AvgIpc) is 3.05. The monoisotopic (exact) mass is 617 g/mol. The molecule has 0 aliphatic carbocycles. The Morgan fingerprint density at radius 2 is 1.26 bits per heavy atom. The van der Waals surface area contributed by atoms with Gasteiger partial charge in [-0.3, -0.25) is 14.4 Å². The first-order valence-corrected chi connectivity index (χ1v) is 14.6. The third kappa shape index (κ3) is 11.2. The van der Waals surface area contributed by atoms with E-state index in [1.165, 1.54) is 0 Å². The maximum atomic E-state index is 12.6. The van der Waals surface area contributed by atoms with Crippen molar-refractivity contribution in [3.8, 4) is 11.5 Å². The Morgan fingerprint density at radius 1 is 0.791 bits per heavy atom. The SMILES string of the molecule is CCOC(=O)CCNC(=O)N1CCC(C(=O)c2ccc(OC)cc2)CC1.COc1ccc(C(=O)C2CCNCC2)cc1.Cl. The van der Waals surface area contributed by atoms with Crippen LogP contribution in [0.25, 0.3) is 0 Å². The number of benzene rings is 2. The van der Waals surface area contributed by atoms with Crippen LogP contribution in [0.1, 0.15) is 59.7 Å². The summed E-state index contributed by atoms with van der Waals surface area (Å²) in [4.78, 5) is 49.8. The highest BCUT2D eigenvalue weighted by molar-refractivity contribution is 5.98. The number of rotatable bonds is 10. The lowest BCUT2D eigenvalue weighted by atomic mass is 9.89. The number of urea groups is 1. The fraction of sp³-hybridized carbons (Fsp3) is 0.500. The van der Waals surface area contributed by atoms with Gasteiger partial charge in [-0.25, -0.2) is 4.79 Å². The normalized spacial score (nSPS) is 15.2. The number of likely N-dealkylation sites (tertiary alicyclic amines) is 1. The molecular formula is C32H44ClN3O7. The molecule has 10 nitrogen and oxygen atoms in total. The fourth-order valence-corrected chi connectivity index (χ4v) is 5.03. The van der Waals surface area contributed by atoms with E-state index < -0.39 is 0 Å². The van der Waals surface area contributed by atoms with Crippen molar-refractivity contribution in [1.29, 1.82) is 0 Å². The number of ether oxygens (including phenoxy) is 3. The molecule has 2 heterocycles. The first-order valence-electron chi connectivity index (χ1n) is 14.6. The van der Waals surface area contributed by atoms with E-state index in [-0.39, 0.29) is 60.8 Å². The number of Topliss-reactive ketones (excluding diaryl/α,β-unsaturated/α-hetero) is 2. The van der Waals surface area contributed by atoms with Gasteiger partial charge in [0.25, 0.3) is 0 Å². The first-order chi connectivity index (χ1) is 20.4. The standard InChI is InChI=1S/C19H26N2O5.C13H17NO2.ClH/c1-3-26-17(22)8-11-20-19(24)21-12-9-15(10-13-21)18(23)14-4-6-16(25-2)7-5-14;1-16-12-4-2-10(3-5-12)13(15)11-6-8-14-9-7-11;/h4-7,15H,3,8-13H2,1-2H3,(H,20,24);2-5,11,14H,6-9H2,1H3;1H. The van der Waals surface area contributed by atoms with Crippen molar-refractivity contribution in [3.05, 3.63) is 59.7 Å². The van der Waals surface area contributed by atoms with Crippen LogP contribution in [0.15, 0.2) is 48.5 Å². The molecule has 2 amide bonds. The van der Waals surface area contributed by atoms with Crippen molar-refractivity contribution in [2.24, 2.45) is 11.8 Å². The minimum Gasteiger partial charge on any atom is -0.497 e. The second kappa shape index (κ2) is 18.8. The number of amides is 2. The quantitative estimate of drug-likeness (QED) is 0.294. The number of nitrogens with one attached hydrogen (secondary N) is 2. The van der Waals surface area contributed by atoms with E-state index in [1.54, 1.807) is 50.3 Å². The number of methoxy groups -OCH3 is 2. The van der Waals surface area contributed by atoms with E-state index >= 15 is 0 Å².